The summed E-state index contributed by atoms with van der Waals surface area (Å²) >= 11 is -3.96. The Balaban J connectivity index is 0.000000186. The molecule has 3 aromatic carbocycles. The van der Waals surface area contributed by atoms with Gasteiger partial charge in [-0.3, -0.25) is 4.21 Å². The van der Waals surface area contributed by atoms with E-state index < -0.39 is 59.0 Å². The van der Waals surface area contributed by atoms with Crippen molar-refractivity contribution in [1.82, 2.24) is 0 Å². The predicted octanol–water partition coefficient (Wildman–Crippen LogP) is 4.23. The number of carbonyl (C=O) groups is 2. The minimum Gasteiger partial charge on any atom is -0.767 e. The molecule has 0 radical (unpaired) electrons. The van der Waals surface area contributed by atoms with Gasteiger partial charge in [-0.2, -0.15) is 8.78 Å². The number of esters is 2. The van der Waals surface area contributed by atoms with Crippen molar-refractivity contribution in [3.8, 4) is 0 Å². The topological polar surface area (TPSA) is 111 Å². The summed E-state index contributed by atoms with van der Waals surface area (Å²) in [6, 6.07) is 32.2. The Morgan fingerprint density at radius 2 is 1.38 bits per heavy atom. The molecule has 212 valence electrons. The Labute approximate surface area is 235 Å². The lowest BCUT2D eigenvalue weighted by atomic mass is 10.1. The second kappa shape index (κ2) is 12.6. The zero-order valence-corrected chi connectivity index (χ0v) is 23.1. The molecule has 40 heavy (non-hydrogen) atoms. The molecular weight excluding hydrogens is 566 g/mol. The molecule has 2 saturated heterocycles. The number of alkyl halides is 2. The summed E-state index contributed by atoms with van der Waals surface area (Å²) in [5.41, 5.74) is 0. The third-order valence-corrected chi connectivity index (χ3v) is 8.57. The van der Waals surface area contributed by atoms with Gasteiger partial charge in [0.15, 0.2) is 32.7 Å². The van der Waals surface area contributed by atoms with Gasteiger partial charge < -0.3 is 23.5 Å². The number of cyclic esters (lactones) is 1. The van der Waals surface area contributed by atoms with Crippen molar-refractivity contribution in [2.45, 2.75) is 57.9 Å². The van der Waals surface area contributed by atoms with E-state index in [1.54, 1.807) is 0 Å². The van der Waals surface area contributed by atoms with Crippen molar-refractivity contribution in [2.24, 2.45) is 0 Å². The Kier molecular flexibility index (Phi) is 9.37. The number of benzene rings is 3. The summed E-state index contributed by atoms with van der Waals surface area (Å²) in [7, 11) is -0.0146. The van der Waals surface area contributed by atoms with E-state index in [2.05, 4.69) is 95.7 Å². The molecule has 4 unspecified atom stereocenters. The molecule has 12 heteroatoms. The number of ether oxygens (including phenoxy) is 4. The van der Waals surface area contributed by atoms with Crippen LogP contribution < -0.4 is 0 Å². The summed E-state index contributed by atoms with van der Waals surface area (Å²) in [5.74, 6) is -4.10. The number of rotatable bonds is 7. The Hall–Kier alpha value is -3.16. The highest BCUT2D eigenvalue weighted by Crippen LogP contribution is 2.36. The molecule has 0 amide bonds. The number of carbonyl (C=O) groups excluding carboxylic acids is 2. The monoisotopic (exact) mass is 592 g/mol. The quantitative estimate of drug-likeness (QED) is 0.228. The van der Waals surface area contributed by atoms with Crippen molar-refractivity contribution in [1.29, 1.82) is 0 Å². The van der Waals surface area contributed by atoms with Gasteiger partial charge in [-0.25, -0.2) is 9.59 Å². The van der Waals surface area contributed by atoms with E-state index in [-0.39, 0.29) is 10.9 Å². The molecule has 0 bridgehead atoms. The number of hydrogen-bond acceptors (Lipinski definition) is 8. The molecule has 0 saturated carbocycles. The molecule has 0 aromatic heterocycles. The van der Waals surface area contributed by atoms with Gasteiger partial charge in [-0.15, -0.1) is 0 Å². The second-order valence-corrected chi connectivity index (χ2v) is 12.1. The lowest BCUT2D eigenvalue weighted by molar-refractivity contribution is -0.193. The van der Waals surface area contributed by atoms with E-state index in [1.165, 1.54) is 28.5 Å². The lowest BCUT2D eigenvalue weighted by Crippen LogP contribution is -2.39. The van der Waals surface area contributed by atoms with E-state index in [4.69, 9.17) is 14.2 Å². The smallest absolute Gasteiger partial charge is 0.403 e. The molecule has 0 N–H and O–H groups in total. The fraction of sp³-hybridized carbons (Fsp3) is 0.286. The van der Waals surface area contributed by atoms with E-state index in [0.29, 0.717) is 0 Å². The molecule has 8 nitrogen and oxygen atoms in total. The highest BCUT2D eigenvalue weighted by Gasteiger charge is 2.56. The number of halogens is 2. The summed E-state index contributed by atoms with van der Waals surface area (Å²) in [6.07, 6.45) is -3.12. The van der Waals surface area contributed by atoms with Crippen molar-refractivity contribution < 1.29 is 46.1 Å². The van der Waals surface area contributed by atoms with E-state index in [0.717, 1.165) is 0 Å². The first-order valence-electron chi connectivity index (χ1n) is 12.1. The average Bonchev–Trinajstić information content (AvgIpc) is 3.42. The molecule has 3 aromatic rings. The van der Waals surface area contributed by atoms with E-state index >= 15 is 0 Å². The van der Waals surface area contributed by atoms with Crippen molar-refractivity contribution in [3.05, 3.63) is 91.0 Å². The SMILES string of the molecule is CC1(C)OC2C(=O)OC(COC(=O)C(F)(F)S(=O)[O-])C2O1.c1ccc([S+](c2ccccc2)c2ccccc2)cc1. The van der Waals surface area contributed by atoms with Crippen LogP contribution in [0.25, 0.3) is 0 Å². The molecule has 2 fully saturated rings. The Morgan fingerprint density at radius 3 is 1.80 bits per heavy atom. The molecule has 5 rings (SSSR count). The van der Waals surface area contributed by atoms with Crippen LogP contribution >= 0.6 is 0 Å². The van der Waals surface area contributed by atoms with Crippen LogP contribution in [0.1, 0.15) is 13.8 Å². The van der Waals surface area contributed by atoms with Crippen molar-refractivity contribution in [3.63, 3.8) is 0 Å². The maximum atomic E-state index is 12.8. The number of fused-ring (bicyclic) bond motifs is 1. The fourth-order valence-corrected chi connectivity index (χ4v) is 6.34. The minimum atomic E-state index is -4.67. The highest BCUT2D eigenvalue weighted by atomic mass is 32.2. The van der Waals surface area contributed by atoms with Gasteiger partial charge in [0.05, 0.1) is 10.9 Å². The molecule has 0 aliphatic carbocycles. The van der Waals surface area contributed by atoms with Gasteiger partial charge in [-0.05, 0) is 50.2 Å². The van der Waals surface area contributed by atoms with Crippen LogP contribution in [0.5, 0.6) is 0 Å². The normalized spacial score (nSPS) is 22.1. The molecule has 2 heterocycles. The van der Waals surface area contributed by atoms with Gasteiger partial charge in [0.2, 0.25) is 0 Å². The largest absolute Gasteiger partial charge is 0.767 e. The van der Waals surface area contributed by atoms with Gasteiger partial charge in [0.25, 0.3) is 0 Å². The Bertz CT molecular complexity index is 1230. The van der Waals surface area contributed by atoms with Gasteiger partial charge >= 0.3 is 17.2 Å². The Morgan fingerprint density at radius 1 is 0.925 bits per heavy atom. The van der Waals surface area contributed by atoms with Crippen LogP contribution in [-0.4, -0.2) is 56.7 Å². The first kappa shape index (κ1) is 29.8. The summed E-state index contributed by atoms with van der Waals surface area (Å²) < 4.78 is 65.6. The third kappa shape index (κ3) is 6.94. The van der Waals surface area contributed by atoms with Crippen molar-refractivity contribution >= 4 is 33.9 Å². The van der Waals surface area contributed by atoms with Gasteiger partial charge in [0.1, 0.15) is 12.7 Å². The summed E-state index contributed by atoms with van der Waals surface area (Å²) in [5, 5.41) is -4.67. The zero-order valence-electron chi connectivity index (χ0n) is 21.4. The second-order valence-electron chi connectivity index (χ2n) is 9.09. The molecular formula is C28H26F2O8S2. The zero-order chi connectivity index (χ0) is 28.9. The maximum absolute atomic E-state index is 12.8. The fourth-order valence-electron chi connectivity index (χ4n) is 4.04. The standard InChI is InChI=1S/C18H15S.C10H12F2O8S/c1-4-10-16(11-5-1)19(17-12-6-2-7-13-17)18-14-8-3-9-15-18;1-9(2)19-5-4(18-7(13)6(5)20-9)3-17-8(14)10(11,12)21(15)16/h1-15H;4-6H,3H2,1-2H3,(H,15,16)/q+1;/p-1. The molecule has 0 spiro atoms. The minimum absolute atomic E-state index is 0.0146. The summed E-state index contributed by atoms with van der Waals surface area (Å²) in [4.78, 5) is 26.6. The lowest BCUT2D eigenvalue weighted by Gasteiger charge is -2.22. The van der Waals surface area contributed by atoms with Gasteiger partial charge in [0, 0.05) is 11.1 Å². The van der Waals surface area contributed by atoms with Crippen molar-refractivity contribution in [2.75, 3.05) is 6.61 Å². The van der Waals surface area contributed by atoms with Crippen LogP contribution in [0.4, 0.5) is 8.78 Å². The predicted molar refractivity (Wildman–Crippen MR) is 140 cm³/mol. The average molecular weight is 593 g/mol. The molecule has 2 aliphatic heterocycles. The van der Waals surface area contributed by atoms with Crippen LogP contribution in [0.3, 0.4) is 0 Å². The van der Waals surface area contributed by atoms with Gasteiger partial charge in [-0.1, -0.05) is 54.6 Å². The van der Waals surface area contributed by atoms with Crippen LogP contribution in [0.15, 0.2) is 106 Å². The first-order chi connectivity index (χ1) is 19.0. The van der Waals surface area contributed by atoms with Crippen LogP contribution in [0.2, 0.25) is 0 Å². The maximum Gasteiger partial charge on any atom is 0.403 e. The van der Waals surface area contributed by atoms with Crippen LogP contribution in [-0.2, 0) is 50.5 Å². The van der Waals surface area contributed by atoms with E-state index in [9.17, 15) is 27.1 Å². The van der Waals surface area contributed by atoms with Crippen LogP contribution in [0, 0.1) is 0 Å². The highest BCUT2D eigenvalue weighted by molar-refractivity contribution is 7.97. The number of hydrogen-bond donors (Lipinski definition) is 0. The third-order valence-electron chi connectivity index (χ3n) is 5.76. The van der Waals surface area contributed by atoms with E-state index in [1.807, 2.05) is 0 Å². The first-order valence-corrected chi connectivity index (χ1v) is 14.4. The summed E-state index contributed by atoms with van der Waals surface area (Å²) in [6.45, 7) is 2.31. The molecule has 2 aliphatic rings. The molecule has 4 atom stereocenters.